The van der Waals surface area contributed by atoms with Gasteiger partial charge in [-0.2, -0.15) is 0 Å². The molecule has 1 saturated heterocycles. The third-order valence-electron chi connectivity index (χ3n) is 1.10. The molecule has 0 spiro atoms. The van der Waals surface area contributed by atoms with Crippen molar-refractivity contribution in [3.05, 3.63) is 0 Å². The van der Waals surface area contributed by atoms with Gasteiger partial charge in [0.25, 0.3) is 0 Å². The molecule has 2 nitrogen and oxygen atoms in total. The molecule has 1 N–H and O–H groups in total. The number of ether oxygens (including phenoxy) is 1. The Morgan fingerprint density at radius 2 is 2.50 bits per heavy atom. The molecule has 0 aromatic rings. The van der Waals surface area contributed by atoms with Gasteiger partial charge in [0.05, 0.1) is 15.9 Å². The van der Waals surface area contributed by atoms with Crippen molar-refractivity contribution in [2.45, 2.75) is 19.4 Å². The van der Waals surface area contributed by atoms with Crippen LogP contribution in [0.3, 0.4) is 0 Å². The van der Waals surface area contributed by atoms with E-state index in [2.05, 4.69) is 5.32 Å². The lowest BCUT2D eigenvalue weighted by atomic mass is 10.1. The Labute approximate surface area is 53.0 Å². The van der Waals surface area contributed by atoms with Crippen LogP contribution in [0.5, 0.6) is 0 Å². The average molecular weight is 117 g/mol. The van der Waals surface area contributed by atoms with E-state index in [0.29, 0.717) is 6.61 Å². The molecule has 1 fully saturated rings. The van der Waals surface area contributed by atoms with Gasteiger partial charge in [0, 0.05) is 12.1 Å². The molecule has 0 saturated carbocycles. The van der Waals surface area contributed by atoms with E-state index in [1.165, 1.54) is 0 Å². The van der Waals surface area contributed by atoms with Crippen LogP contribution in [0, 0.1) is 0 Å². The van der Waals surface area contributed by atoms with Gasteiger partial charge in [-0.15, -0.1) is 0 Å². The Balaban J connectivity index is 2.70. The molecule has 0 aromatic heterocycles. The van der Waals surface area contributed by atoms with Crippen LogP contribution in [0.25, 0.3) is 0 Å². The normalized spacial score (nSPS) is 37.8. The van der Waals surface area contributed by atoms with E-state index in [1.807, 2.05) is 0 Å². The molecule has 8 heavy (non-hydrogen) atoms. The number of hydrogen-bond donors (Lipinski definition) is 1. The van der Waals surface area contributed by atoms with Crippen LogP contribution in [0.4, 0.5) is 0 Å². The highest BCUT2D eigenvalue weighted by atomic mass is 16.5. The SMILES string of the molecule is [2H]C1([2H])OCCNC1(C)C. The molecule has 1 aliphatic rings. The van der Waals surface area contributed by atoms with Crippen LogP contribution in [0.1, 0.15) is 16.6 Å². The third kappa shape index (κ3) is 1.46. The average Bonchev–Trinajstić information content (AvgIpc) is 1.77. The number of hydrogen-bond acceptors (Lipinski definition) is 2. The van der Waals surface area contributed by atoms with Crippen LogP contribution in [-0.2, 0) is 4.74 Å². The summed E-state index contributed by atoms with van der Waals surface area (Å²) in [7, 11) is 0. The molecular weight excluding hydrogens is 102 g/mol. The van der Waals surface area contributed by atoms with Crippen molar-refractivity contribution in [2.24, 2.45) is 0 Å². The molecule has 2 heteroatoms. The third-order valence-corrected chi connectivity index (χ3v) is 1.10. The summed E-state index contributed by atoms with van der Waals surface area (Å²) in [5, 5.41) is 3.05. The zero-order valence-corrected chi connectivity index (χ0v) is 5.32. The van der Waals surface area contributed by atoms with E-state index in [0.717, 1.165) is 6.54 Å². The van der Waals surface area contributed by atoms with Crippen molar-refractivity contribution < 1.29 is 7.48 Å². The van der Waals surface area contributed by atoms with E-state index < -0.39 is 12.1 Å². The lowest BCUT2D eigenvalue weighted by Crippen LogP contribution is -2.49. The zero-order chi connectivity index (χ0) is 7.83. The second kappa shape index (κ2) is 2.03. The summed E-state index contributed by atoms with van der Waals surface area (Å²) in [4.78, 5) is 0. The highest BCUT2D eigenvalue weighted by molar-refractivity contribution is 4.79. The summed E-state index contributed by atoms with van der Waals surface area (Å²) in [6, 6.07) is 0. The smallest absolute Gasteiger partial charge is 0.0643 e. The maximum atomic E-state index is 7.41. The van der Waals surface area contributed by atoms with Crippen LogP contribution in [-0.4, -0.2) is 25.2 Å². The van der Waals surface area contributed by atoms with Crippen molar-refractivity contribution in [2.75, 3.05) is 19.7 Å². The molecule has 0 unspecified atom stereocenters. The molecule has 48 valence electrons. The van der Waals surface area contributed by atoms with Crippen LogP contribution >= 0.6 is 0 Å². The topological polar surface area (TPSA) is 21.3 Å². The van der Waals surface area contributed by atoms with Crippen LogP contribution in [0.15, 0.2) is 0 Å². The predicted molar refractivity (Wildman–Crippen MR) is 32.9 cm³/mol. The fraction of sp³-hybridized carbons (Fsp3) is 1.00. The molecule has 1 aliphatic heterocycles. The van der Waals surface area contributed by atoms with E-state index in [4.69, 9.17) is 7.48 Å². The first-order chi connectivity index (χ1) is 4.46. The Hall–Kier alpha value is -0.0800. The molecule has 0 bridgehead atoms. The second-order valence-corrected chi connectivity index (χ2v) is 2.50. The monoisotopic (exact) mass is 117 g/mol. The maximum Gasteiger partial charge on any atom is 0.0643 e. The minimum absolute atomic E-state index is 0.455. The first-order valence-corrected chi connectivity index (χ1v) is 2.85. The zero-order valence-electron chi connectivity index (χ0n) is 7.32. The Kier molecular flexibility index (Phi) is 0.980. The van der Waals surface area contributed by atoms with Crippen molar-refractivity contribution in [1.82, 2.24) is 5.32 Å². The van der Waals surface area contributed by atoms with Gasteiger partial charge < -0.3 is 10.1 Å². The molecule has 1 heterocycles. The van der Waals surface area contributed by atoms with E-state index in [-0.39, 0.29) is 0 Å². The van der Waals surface area contributed by atoms with E-state index >= 15 is 0 Å². The number of rotatable bonds is 0. The summed E-state index contributed by atoms with van der Waals surface area (Å²) in [6.07, 6.45) is 0. The maximum absolute atomic E-state index is 7.41. The lowest BCUT2D eigenvalue weighted by molar-refractivity contribution is 0.0436. The first kappa shape index (κ1) is 3.85. The van der Waals surface area contributed by atoms with Gasteiger partial charge >= 0.3 is 0 Å². The summed E-state index contributed by atoms with van der Waals surface area (Å²) in [5.41, 5.74) is -0.564. The minimum atomic E-state index is -1.54. The van der Waals surface area contributed by atoms with Gasteiger partial charge in [-0.05, 0) is 13.8 Å². The first-order valence-electron chi connectivity index (χ1n) is 3.85. The van der Waals surface area contributed by atoms with Gasteiger partial charge in [0.1, 0.15) is 0 Å². The fourth-order valence-corrected chi connectivity index (χ4v) is 0.682. The summed E-state index contributed by atoms with van der Waals surface area (Å²) in [5.74, 6) is 0. The van der Waals surface area contributed by atoms with Gasteiger partial charge in [0.15, 0.2) is 0 Å². The lowest BCUT2D eigenvalue weighted by Gasteiger charge is -2.30. The van der Waals surface area contributed by atoms with Gasteiger partial charge in [0.2, 0.25) is 0 Å². The van der Waals surface area contributed by atoms with E-state index in [1.54, 1.807) is 13.8 Å². The van der Waals surface area contributed by atoms with Gasteiger partial charge in [-0.1, -0.05) is 0 Å². The molecule has 0 aromatic carbocycles. The molecule has 0 radical (unpaired) electrons. The summed E-state index contributed by atoms with van der Waals surface area (Å²) in [6.45, 7) is 3.24. The van der Waals surface area contributed by atoms with Crippen LogP contribution < -0.4 is 5.32 Å². The summed E-state index contributed by atoms with van der Waals surface area (Å²) < 4.78 is 19.8. The standard InChI is InChI=1S/C6H13NO/c1-6(2)5-8-4-3-7-6/h7H,3-5H2,1-2H3/i5D2. The fourth-order valence-electron chi connectivity index (χ4n) is 0.682. The molecule has 0 amide bonds. The Bertz CT molecular complexity index is 120. The molecule has 0 aliphatic carbocycles. The highest BCUT2D eigenvalue weighted by Crippen LogP contribution is 2.04. The van der Waals surface area contributed by atoms with Crippen molar-refractivity contribution in [3.8, 4) is 0 Å². The minimum Gasteiger partial charge on any atom is -0.378 e. The quantitative estimate of drug-likeness (QED) is 0.495. The molecule has 1 rings (SSSR count). The Morgan fingerprint density at radius 1 is 1.75 bits per heavy atom. The van der Waals surface area contributed by atoms with Crippen LogP contribution in [0.2, 0.25) is 0 Å². The van der Waals surface area contributed by atoms with Crippen molar-refractivity contribution in [3.63, 3.8) is 0 Å². The Morgan fingerprint density at radius 3 is 2.88 bits per heavy atom. The van der Waals surface area contributed by atoms with Gasteiger partial charge in [-0.25, -0.2) is 0 Å². The van der Waals surface area contributed by atoms with Crippen molar-refractivity contribution >= 4 is 0 Å². The predicted octanol–water partition coefficient (Wildman–Crippen LogP) is 0.385. The second-order valence-electron chi connectivity index (χ2n) is 2.50. The molecular formula is C6H13NO. The van der Waals surface area contributed by atoms with Gasteiger partial charge in [-0.3, -0.25) is 0 Å². The largest absolute Gasteiger partial charge is 0.378 e. The summed E-state index contributed by atoms with van der Waals surface area (Å²) >= 11 is 0. The highest BCUT2D eigenvalue weighted by Gasteiger charge is 2.19. The van der Waals surface area contributed by atoms with Crippen molar-refractivity contribution in [1.29, 1.82) is 0 Å². The van der Waals surface area contributed by atoms with E-state index in [9.17, 15) is 0 Å². The number of morpholine rings is 1. The number of nitrogens with one attached hydrogen (secondary N) is 1. The molecule has 0 atom stereocenters.